The molecule has 1 N–H and O–H groups in total. The summed E-state index contributed by atoms with van der Waals surface area (Å²) in [5.41, 5.74) is 0. The Morgan fingerprint density at radius 3 is 2.58 bits per heavy atom. The Hall–Kier alpha value is 0.270. The normalized spacial score (nSPS) is 13.8. The molecule has 0 amide bonds. The van der Waals surface area contributed by atoms with Crippen LogP contribution in [0.15, 0.2) is 0 Å². The maximum atomic E-state index is 3.17. The van der Waals surface area contributed by atoms with Crippen molar-refractivity contribution in [1.82, 2.24) is 10.2 Å². The van der Waals surface area contributed by atoms with E-state index in [9.17, 15) is 0 Å². The first-order valence-corrected chi connectivity index (χ1v) is 5.99. The van der Waals surface area contributed by atoms with Gasteiger partial charge in [-0.05, 0) is 26.8 Å². The molecule has 0 saturated heterocycles. The summed E-state index contributed by atoms with van der Waals surface area (Å²) in [5, 5.41) is 3.17. The van der Waals surface area contributed by atoms with Gasteiger partial charge in [0.1, 0.15) is 0 Å². The third-order valence-corrected chi connectivity index (χ3v) is 2.89. The molecular weight excluding hydrogens is 168 g/mol. The highest BCUT2D eigenvalue weighted by molar-refractivity contribution is 7.98. The lowest BCUT2D eigenvalue weighted by Gasteiger charge is -2.26. The zero-order valence-corrected chi connectivity index (χ0v) is 9.58. The molecule has 0 spiro atoms. The summed E-state index contributed by atoms with van der Waals surface area (Å²) in [6.45, 7) is 4.49. The molecule has 2 nitrogen and oxygen atoms in total. The van der Waals surface area contributed by atoms with Crippen LogP contribution in [0.3, 0.4) is 0 Å². The number of nitrogens with zero attached hydrogens (tertiary/aromatic N) is 1. The molecule has 0 saturated carbocycles. The molecule has 1 unspecified atom stereocenters. The molecule has 0 aliphatic rings. The quantitative estimate of drug-likeness (QED) is 0.651. The summed E-state index contributed by atoms with van der Waals surface area (Å²) in [6, 6.07) is 0.744. The van der Waals surface area contributed by atoms with E-state index in [1.165, 1.54) is 12.2 Å². The van der Waals surface area contributed by atoms with Gasteiger partial charge in [-0.25, -0.2) is 0 Å². The number of rotatable bonds is 7. The predicted octanol–water partition coefficient (Wildman–Crippen LogP) is 1.28. The van der Waals surface area contributed by atoms with Crippen LogP contribution in [0.2, 0.25) is 0 Å². The lowest BCUT2D eigenvalue weighted by atomic mass is 10.2. The van der Waals surface area contributed by atoms with Crippen molar-refractivity contribution in [3.63, 3.8) is 0 Å². The van der Waals surface area contributed by atoms with Gasteiger partial charge in [0.2, 0.25) is 0 Å². The van der Waals surface area contributed by atoms with Gasteiger partial charge in [0.05, 0.1) is 0 Å². The second-order valence-electron chi connectivity index (χ2n) is 3.10. The molecule has 0 bridgehead atoms. The van der Waals surface area contributed by atoms with Crippen molar-refractivity contribution in [3.8, 4) is 0 Å². The van der Waals surface area contributed by atoms with Crippen LogP contribution >= 0.6 is 11.8 Å². The Bertz CT molecular complexity index is 98.5. The van der Waals surface area contributed by atoms with Gasteiger partial charge in [-0.3, -0.25) is 0 Å². The first kappa shape index (κ1) is 12.3. The Labute approximate surface area is 81.1 Å². The topological polar surface area (TPSA) is 15.3 Å². The largest absolute Gasteiger partial charge is 0.318 e. The Balaban J connectivity index is 3.60. The molecule has 0 aromatic carbocycles. The van der Waals surface area contributed by atoms with Crippen molar-refractivity contribution in [2.24, 2.45) is 0 Å². The molecule has 0 radical (unpaired) electrons. The summed E-state index contributed by atoms with van der Waals surface area (Å²) in [7, 11) is 4.21. The molecule has 0 rings (SSSR count). The number of hydrogen-bond donors (Lipinski definition) is 1. The van der Waals surface area contributed by atoms with E-state index in [1.54, 1.807) is 0 Å². The lowest BCUT2D eigenvalue weighted by Crippen LogP contribution is -2.37. The van der Waals surface area contributed by atoms with E-state index in [0.717, 1.165) is 19.1 Å². The summed E-state index contributed by atoms with van der Waals surface area (Å²) >= 11 is 1.93. The molecule has 0 aliphatic carbocycles. The van der Waals surface area contributed by atoms with Crippen molar-refractivity contribution in [2.45, 2.75) is 19.4 Å². The van der Waals surface area contributed by atoms with Crippen molar-refractivity contribution in [1.29, 1.82) is 0 Å². The van der Waals surface area contributed by atoms with Gasteiger partial charge in [0.15, 0.2) is 0 Å². The van der Waals surface area contributed by atoms with E-state index >= 15 is 0 Å². The minimum absolute atomic E-state index is 0.744. The fourth-order valence-electron chi connectivity index (χ4n) is 1.22. The molecular formula is C9H22N2S. The van der Waals surface area contributed by atoms with E-state index in [-0.39, 0.29) is 0 Å². The predicted molar refractivity (Wildman–Crippen MR) is 59.0 cm³/mol. The average Bonchev–Trinajstić information content (AvgIpc) is 2.10. The van der Waals surface area contributed by atoms with Crippen LogP contribution < -0.4 is 5.32 Å². The van der Waals surface area contributed by atoms with Gasteiger partial charge in [0.25, 0.3) is 0 Å². The first-order valence-electron chi connectivity index (χ1n) is 4.60. The fraction of sp³-hybridized carbons (Fsp3) is 1.00. The summed E-state index contributed by atoms with van der Waals surface area (Å²) < 4.78 is 0. The van der Waals surface area contributed by atoms with Crippen LogP contribution in [-0.4, -0.2) is 50.1 Å². The van der Waals surface area contributed by atoms with E-state index < -0.39 is 0 Å². The monoisotopic (exact) mass is 190 g/mol. The Morgan fingerprint density at radius 2 is 2.17 bits per heavy atom. The third kappa shape index (κ3) is 5.01. The van der Waals surface area contributed by atoms with Gasteiger partial charge in [-0.1, -0.05) is 6.92 Å². The maximum Gasteiger partial charge on any atom is 0.0181 e. The smallest absolute Gasteiger partial charge is 0.0181 e. The van der Waals surface area contributed by atoms with Crippen LogP contribution in [0.25, 0.3) is 0 Å². The van der Waals surface area contributed by atoms with Gasteiger partial charge in [-0.15, -0.1) is 0 Å². The molecule has 74 valence electrons. The molecule has 0 aromatic heterocycles. The van der Waals surface area contributed by atoms with Crippen molar-refractivity contribution < 1.29 is 0 Å². The van der Waals surface area contributed by atoms with E-state index in [4.69, 9.17) is 0 Å². The SMILES string of the molecule is CCC(CSC)N(C)CCNC. The van der Waals surface area contributed by atoms with Gasteiger partial charge in [0, 0.05) is 24.9 Å². The molecule has 0 aromatic rings. The second-order valence-corrected chi connectivity index (χ2v) is 4.01. The highest BCUT2D eigenvalue weighted by atomic mass is 32.2. The highest BCUT2D eigenvalue weighted by Gasteiger charge is 2.10. The van der Waals surface area contributed by atoms with Crippen LogP contribution in [0, 0.1) is 0 Å². The number of likely N-dealkylation sites (N-methyl/N-ethyl adjacent to an activating group) is 2. The van der Waals surface area contributed by atoms with E-state index in [0.29, 0.717) is 0 Å². The summed E-state index contributed by atoms with van der Waals surface area (Å²) in [5.74, 6) is 1.25. The molecule has 0 heterocycles. The Morgan fingerprint density at radius 1 is 1.50 bits per heavy atom. The van der Waals surface area contributed by atoms with E-state index in [1.807, 2.05) is 18.8 Å². The van der Waals surface area contributed by atoms with Gasteiger partial charge in [-0.2, -0.15) is 11.8 Å². The molecule has 12 heavy (non-hydrogen) atoms. The van der Waals surface area contributed by atoms with Crippen LogP contribution in [-0.2, 0) is 0 Å². The van der Waals surface area contributed by atoms with Crippen LogP contribution in [0.5, 0.6) is 0 Å². The minimum atomic E-state index is 0.744. The first-order chi connectivity index (χ1) is 5.76. The molecule has 3 heteroatoms. The van der Waals surface area contributed by atoms with E-state index in [2.05, 4.69) is 30.4 Å². The molecule has 0 aliphatic heterocycles. The van der Waals surface area contributed by atoms with Gasteiger partial charge >= 0.3 is 0 Å². The van der Waals surface area contributed by atoms with Crippen molar-refractivity contribution >= 4 is 11.8 Å². The highest BCUT2D eigenvalue weighted by Crippen LogP contribution is 2.07. The Kier molecular flexibility index (Phi) is 8.07. The zero-order chi connectivity index (χ0) is 9.40. The van der Waals surface area contributed by atoms with Gasteiger partial charge < -0.3 is 10.2 Å². The number of thioether (sulfide) groups is 1. The molecule has 1 atom stereocenters. The standard InChI is InChI=1S/C9H22N2S/c1-5-9(8-12-4)11(3)7-6-10-2/h9-10H,5-8H2,1-4H3. The zero-order valence-electron chi connectivity index (χ0n) is 8.76. The number of hydrogen-bond acceptors (Lipinski definition) is 3. The fourth-order valence-corrected chi connectivity index (χ4v) is 2.09. The van der Waals surface area contributed by atoms with Crippen molar-refractivity contribution in [3.05, 3.63) is 0 Å². The van der Waals surface area contributed by atoms with Crippen LogP contribution in [0.4, 0.5) is 0 Å². The summed E-state index contributed by atoms with van der Waals surface area (Å²) in [6.07, 6.45) is 3.43. The average molecular weight is 190 g/mol. The number of nitrogens with one attached hydrogen (secondary N) is 1. The minimum Gasteiger partial charge on any atom is -0.318 e. The summed E-state index contributed by atoms with van der Waals surface area (Å²) in [4.78, 5) is 2.44. The molecule has 0 fully saturated rings. The van der Waals surface area contributed by atoms with Crippen molar-refractivity contribution in [2.75, 3.05) is 39.2 Å². The maximum absolute atomic E-state index is 3.17. The lowest BCUT2D eigenvalue weighted by molar-refractivity contribution is 0.258. The third-order valence-electron chi connectivity index (χ3n) is 2.17. The second kappa shape index (κ2) is 7.90. The van der Waals surface area contributed by atoms with Crippen LogP contribution in [0.1, 0.15) is 13.3 Å².